The molecule has 1 aromatic carbocycles. The van der Waals surface area contributed by atoms with Gasteiger partial charge in [-0.05, 0) is 48.9 Å². The van der Waals surface area contributed by atoms with Gasteiger partial charge in [0.15, 0.2) is 11.5 Å². The van der Waals surface area contributed by atoms with Crippen LogP contribution in [0.1, 0.15) is 36.2 Å². The maximum atomic E-state index is 12.8. The molecule has 5 nitrogen and oxygen atoms in total. The van der Waals surface area contributed by atoms with Crippen molar-refractivity contribution in [3.8, 4) is 11.5 Å². The molecule has 1 saturated carbocycles. The Labute approximate surface area is 151 Å². The molecule has 1 aromatic heterocycles. The number of carbonyl (C=O) groups excluding carboxylic acids is 1. The smallest absolute Gasteiger partial charge is 0.318 e. The predicted molar refractivity (Wildman–Crippen MR) is 97.3 cm³/mol. The molecule has 2 amide bonds. The highest BCUT2D eigenvalue weighted by Gasteiger charge is 2.33. The van der Waals surface area contributed by atoms with Gasteiger partial charge >= 0.3 is 6.03 Å². The minimum atomic E-state index is -0.0899. The SMILES string of the molecule is CC(NC(=O)N(Cc1cccs1)C1CC1)c1ccc2c(c1)OCCO2. The number of carbonyl (C=O) groups is 1. The van der Waals surface area contributed by atoms with Gasteiger partial charge in [0.2, 0.25) is 0 Å². The van der Waals surface area contributed by atoms with E-state index in [9.17, 15) is 4.79 Å². The molecule has 1 aliphatic heterocycles. The molecule has 0 saturated heterocycles. The van der Waals surface area contributed by atoms with Crippen LogP contribution in [0, 0.1) is 0 Å². The number of amides is 2. The van der Waals surface area contributed by atoms with E-state index >= 15 is 0 Å². The largest absolute Gasteiger partial charge is 0.486 e. The monoisotopic (exact) mass is 358 g/mol. The second-order valence-electron chi connectivity index (χ2n) is 6.51. The molecule has 1 unspecified atom stereocenters. The van der Waals surface area contributed by atoms with Gasteiger partial charge in [0.05, 0.1) is 12.6 Å². The molecular formula is C19H22N2O3S. The van der Waals surface area contributed by atoms with Gasteiger partial charge < -0.3 is 19.7 Å². The van der Waals surface area contributed by atoms with E-state index in [-0.39, 0.29) is 12.1 Å². The van der Waals surface area contributed by atoms with Crippen LogP contribution < -0.4 is 14.8 Å². The summed E-state index contributed by atoms with van der Waals surface area (Å²) in [5.74, 6) is 1.52. The summed E-state index contributed by atoms with van der Waals surface area (Å²) in [6.07, 6.45) is 2.19. The number of hydrogen-bond acceptors (Lipinski definition) is 4. The Hall–Kier alpha value is -2.21. The van der Waals surface area contributed by atoms with E-state index in [4.69, 9.17) is 9.47 Å². The van der Waals surface area contributed by atoms with E-state index in [1.165, 1.54) is 4.88 Å². The van der Waals surface area contributed by atoms with Crippen molar-refractivity contribution in [2.75, 3.05) is 13.2 Å². The first-order chi connectivity index (χ1) is 12.2. The summed E-state index contributed by atoms with van der Waals surface area (Å²) in [7, 11) is 0. The van der Waals surface area contributed by atoms with Crippen LogP contribution in [-0.4, -0.2) is 30.2 Å². The lowest BCUT2D eigenvalue weighted by Gasteiger charge is -2.26. The number of rotatable bonds is 5. The molecule has 4 rings (SSSR count). The van der Waals surface area contributed by atoms with Crippen LogP contribution in [0.3, 0.4) is 0 Å². The average Bonchev–Trinajstić information content (AvgIpc) is 3.34. The van der Waals surface area contributed by atoms with Crippen molar-refractivity contribution < 1.29 is 14.3 Å². The van der Waals surface area contributed by atoms with Crippen molar-refractivity contribution in [3.05, 3.63) is 46.2 Å². The Morgan fingerprint density at radius 3 is 2.80 bits per heavy atom. The Kier molecular flexibility index (Phi) is 4.53. The van der Waals surface area contributed by atoms with Crippen LogP contribution in [0.25, 0.3) is 0 Å². The van der Waals surface area contributed by atoms with Crippen LogP contribution in [0.15, 0.2) is 35.7 Å². The maximum Gasteiger partial charge on any atom is 0.318 e. The fraction of sp³-hybridized carbons (Fsp3) is 0.421. The molecule has 25 heavy (non-hydrogen) atoms. The molecule has 132 valence electrons. The summed E-state index contributed by atoms with van der Waals surface area (Å²) in [6.45, 7) is 3.83. The maximum absolute atomic E-state index is 12.8. The quantitative estimate of drug-likeness (QED) is 0.880. The third kappa shape index (κ3) is 3.74. The molecule has 1 atom stereocenters. The van der Waals surface area contributed by atoms with Gasteiger partial charge in [-0.2, -0.15) is 0 Å². The van der Waals surface area contributed by atoms with E-state index in [0.29, 0.717) is 25.8 Å². The van der Waals surface area contributed by atoms with Crippen molar-refractivity contribution in [2.45, 2.75) is 38.4 Å². The molecule has 6 heteroatoms. The second-order valence-corrected chi connectivity index (χ2v) is 7.54. The van der Waals surface area contributed by atoms with Crippen LogP contribution in [0.4, 0.5) is 4.79 Å². The third-order valence-electron chi connectivity index (χ3n) is 4.56. The first-order valence-corrected chi connectivity index (χ1v) is 9.58. The van der Waals surface area contributed by atoms with Gasteiger partial charge in [0.1, 0.15) is 13.2 Å². The molecule has 2 heterocycles. The van der Waals surface area contributed by atoms with Gasteiger partial charge in [0, 0.05) is 10.9 Å². The molecule has 1 aliphatic carbocycles. The first kappa shape index (κ1) is 16.3. The number of benzene rings is 1. The molecule has 1 N–H and O–H groups in total. The minimum absolute atomic E-state index is 0.00158. The lowest BCUT2D eigenvalue weighted by Crippen LogP contribution is -2.41. The predicted octanol–water partition coefficient (Wildman–Crippen LogP) is 3.95. The van der Waals surface area contributed by atoms with E-state index in [1.54, 1.807) is 11.3 Å². The highest BCUT2D eigenvalue weighted by atomic mass is 32.1. The topological polar surface area (TPSA) is 50.8 Å². The molecule has 2 aromatic rings. The normalized spacial score (nSPS) is 17.0. The number of ether oxygens (including phenoxy) is 2. The number of hydrogen-bond donors (Lipinski definition) is 1. The molecule has 1 fully saturated rings. The van der Waals surface area contributed by atoms with Gasteiger partial charge in [-0.1, -0.05) is 12.1 Å². The number of urea groups is 1. The van der Waals surface area contributed by atoms with E-state index in [1.807, 2.05) is 36.1 Å². The number of nitrogens with one attached hydrogen (secondary N) is 1. The molecule has 2 aliphatic rings. The standard InChI is InChI=1S/C19H22N2O3S/c1-13(14-4-7-17-18(11-14)24-9-8-23-17)20-19(22)21(15-5-6-15)12-16-3-2-10-25-16/h2-4,7,10-11,13,15H,5-6,8-9,12H2,1H3,(H,20,22). The van der Waals surface area contributed by atoms with Crippen molar-refractivity contribution in [1.82, 2.24) is 10.2 Å². The summed E-state index contributed by atoms with van der Waals surface area (Å²) in [6, 6.07) is 10.2. The number of thiophene rings is 1. The van der Waals surface area contributed by atoms with Crippen LogP contribution >= 0.6 is 11.3 Å². The molecular weight excluding hydrogens is 336 g/mol. The fourth-order valence-corrected chi connectivity index (χ4v) is 3.71. The molecule has 0 bridgehead atoms. The Bertz CT molecular complexity index is 743. The van der Waals surface area contributed by atoms with Crippen LogP contribution in [0.2, 0.25) is 0 Å². The zero-order chi connectivity index (χ0) is 17.2. The van der Waals surface area contributed by atoms with Gasteiger partial charge in [-0.25, -0.2) is 4.79 Å². The van der Waals surface area contributed by atoms with E-state index in [0.717, 1.165) is 29.9 Å². The second kappa shape index (κ2) is 6.96. The zero-order valence-electron chi connectivity index (χ0n) is 14.2. The summed E-state index contributed by atoms with van der Waals surface area (Å²) in [5, 5.41) is 5.18. The summed E-state index contributed by atoms with van der Waals surface area (Å²) in [5.41, 5.74) is 1.02. The molecule has 0 spiro atoms. The van der Waals surface area contributed by atoms with Crippen molar-refractivity contribution >= 4 is 17.4 Å². The Morgan fingerprint density at radius 2 is 2.08 bits per heavy atom. The summed E-state index contributed by atoms with van der Waals surface area (Å²) >= 11 is 1.69. The lowest BCUT2D eigenvalue weighted by molar-refractivity contribution is 0.171. The number of nitrogens with zero attached hydrogens (tertiary/aromatic N) is 1. The zero-order valence-corrected chi connectivity index (χ0v) is 15.1. The number of fused-ring (bicyclic) bond motifs is 1. The Morgan fingerprint density at radius 1 is 1.28 bits per heavy atom. The average molecular weight is 358 g/mol. The van der Waals surface area contributed by atoms with E-state index in [2.05, 4.69) is 16.8 Å². The Balaban J connectivity index is 1.43. The minimum Gasteiger partial charge on any atom is -0.486 e. The first-order valence-electron chi connectivity index (χ1n) is 8.70. The van der Waals surface area contributed by atoms with Crippen molar-refractivity contribution in [2.24, 2.45) is 0 Å². The van der Waals surface area contributed by atoms with Gasteiger partial charge in [-0.15, -0.1) is 11.3 Å². The van der Waals surface area contributed by atoms with Crippen molar-refractivity contribution in [1.29, 1.82) is 0 Å². The highest BCUT2D eigenvalue weighted by Crippen LogP contribution is 2.33. The van der Waals surface area contributed by atoms with Crippen molar-refractivity contribution in [3.63, 3.8) is 0 Å². The highest BCUT2D eigenvalue weighted by molar-refractivity contribution is 7.09. The fourth-order valence-electron chi connectivity index (χ4n) is 3.00. The summed E-state index contributed by atoms with van der Waals surface area (Å²) in [4.78, 5) is 16.0. The van der Waals surface area contributed by atoms with Gasteiger partial charge in [0.25, 0.3) is 0 Å². The van der Waals surface area contributed by atoms with Gasteiger partial charge in [-0.3, -0.25) is 0 Å². The third-order valence-corrected chi connectivity index (χ3v) is 5.42. The summed E-state index contributed by atoms with van der Waals surface area (Å²) < 4.78 is 11.2. The molecule has 0 radical (unpaired) electrons. The van der Waals surface area contributed by atoms with Crippen LogP contribution in [-0.2, 0) is 6.54 Å². The van der Waals surface area contributed by atoms with Crippen LogP contribution in [0.5, 0.6) is 11.5 Å². The van der Waals surface area contributed by atoms with E-state index < -0.39 is 0 Å². The lowest BCUT2D eigenvalue weighted by atomic mass is 10.1.